The highest BCUT2D eigenvalue weighted by Crippen LogP contribution is 2.56. The first-order chi connectivity index (χ1) is 25.3. The van der Waals surface area contributed by atoms with E-state index in [4.69, 9.17) is 0 Å². The Kier molecular flexibility index (Phi) is 7.75. The molecule has 0 N–H and O–H groups in total. The average Bonchev–Trinajstić information content (AvgIpc) is 3.51. The Hall–Kier alpha value is -6.64. The van der Waals surface area contributed by atoms with Crippen LogP contribution in [0.25, 0.3) is 11.1 Å². The Labute approximate surface area is 300 Å². The molecule has 0 saturated carbocycles. The molecule has 0 fully saturated rings. The van der Waals surface area contributed by atoms with Crippen molar-refractivity contribution in [1.82, 2.24) is 0 Å². The molecule has 0 aliphatic heterocycles. The van der Waals surface area contributed by atoms with Crippen LogP contribution in [0.4, 0.5) is 34.1 Å². The Bertz CT molecular complexity index is 2130. The highest BCUT2D eigenvalue weighted by atomic mass is 15.1. The monoisotopic (exact) mass is 652 g/mol. The molecule has 242 valence electrons. The normalized spacial score (nSPS) is 12.5. The van der Waals surface area contributed by atoms with Gasteiger partial charge in [0.15, 0.2) is 0 Å². The molecule has 0 unspecified atom stereocenters. The molecule has 8 aromatic rings. The number of anilines is 6. The van der Waals surface area contributed by atoms with Gasteiger partial charge in [0.2, 0.25) is 0 Å². The quantitative estimate of drug-likeness (QED) is 0.161. The van der Waals surface area contributed by atoms with E-state index in [0.717, 1.165) is 34.1 Å². The summed E-state index contributed by atoms with van der Waals surface area (Å²) in [7, 11) is 0. The predicted molar refractivity (Wildman–Crippen MR) is 213 cm³/mol. The maximum absolute atomic E-state index is 2.33. The molecule has 0 saturated heterocycles. The summed E-state index contributed by atoms with van der Waals surface area (Å²) in [5.41, 5.74) is 13.9. The summed E-state index contributed by atoms with van der Waals surface area (Å²) < 4.78 is 0. The Morgan fingerprint density at radius 1 is 0.235 bits per heavy atom. The molecule has 2 nitrogen and oxygen atoms in total. The molecule has 51 heavy (non-hydrogen) atoms. The van der Waals surface area contributed by atoms with Gasteiger partial charge in [-0.2, -0.15) is 0 Å². The number of benzene rings is 8. The lowest BCUT2D eigenvalue weighted by atomic mass is 9.67. The second kappa shape index (κ2) is 13.0. The summed E-state index contributed by atoms with van der Waals surface area (Å²) in [6, 6.07) is 78.7. The maximum Gasteiger partial charge on any atom is 0.0713 e. The minimum absolute atomic E-state index is 0.501. The molecular formula is C49H36N2. The molecular weight excluding hydrogens is 617 g/mol. The van der Waals surface area contributed by atoms with Crippen molar-refractivity contribution < 1.29 is 0 Å². The van der Waals surface area contributed by atoms with E-state index in [2.05, 4.69) is 228 Å². The van der Waals surface area contributed by atoms with Gasteiger partial charge >= 0.3 is 0 Å². The van der Waals surface area contributed by atoms with Crippen molar-refractivity contribution in [2.45, 2.75) is 5.41 Å². The van der Waals surface area contributed by atoms with Crippen LogP contribution in [0.3, 0.4) is 0 Å². The van der Waals surface area contributed by atoms with Crippen LogP contribution >= 0.6 is 0 Å². The SMILES string of the molecule is c1ccc(N(c2ccccc2)c2ccc(C3(c4ccc(N(c5ccccc5)c5ccccc5)cc4)c4ccccc4-c4ccccc43)cc2)cc1. The third-order valence-electron chi connectivity index (χ3n) is 10.1. The number of rotatable bonds is 8. The Morgan fingerprint density at radius 3 is 0.804 bits per heavy atom. The van der Waals surface area contributed by atoms with Gasteiger partial charge < -0.3 is 9.80 Å². The van der Waals surface area contributed by atoms with Gasteiger partial charge in [0, 0.05) is 34.1 Å². The number of fused-ring (bicyclic) bond motifs is 3. The highest BCUT2D eigenvalue weighted by Gasteiger charge is 2.46. The molecule has 0 spiro atoms. The third kappa shape index (κ3) is 5.21. The van der Waals surface area contributed by atoms with Crippen LogP contribution in [-0.4, -0.2) is 0 Å². The molecule has 0 atom stereocenters. The second-order valence-electron chi connectivity index (χ2n) is 12.9. The van der Waals surface area contributed by atoms with Crippen molar-refractivity contribution in [2.75, 3.05) is 9.80 Å². The molecule has 9 rings (SSSR count). The fourth-order valence-corrected chi connectivity index (χ4v) is 7.95. The van der Waals surface area contributed by atoms with Gasteiger partial charge in [0.1, 0.15) is 0 Å². The van der Waals surface area contributed by atoms with Gasteiger partial charge in [-0.15, -0.1) is 0 Å². The molecule has 2 heteroatoms. The maximum atomic E-state index is 2.33. The third-order valence-corrected chi connectivity index (χ3v) is 10.1. The van der Waals surface area contributed by atoms with Gasteiger partial charge in [-0.25, -0.2) is 0 Å². The summed E-state index contributed by atoms with van der Waals surface area (Å²) in [6.07, 6.45) is 0. The fraction of sp³-hybridized carbons (Fsp3) is 0.0204. The van der Waals surface area contributed by atoms with E-state index < -0.39 is 5.41 Å². The molecule has 1 aliphatic rings. The summed E-state index contributed by atoms with van der Waals surface area (Å²) >= 11 is 0. The molecule has 1 aliphatic carbocycles. The number of hydrogen-bond acceptors (Lipinski definition) is 2. The Balaban J connectivity index is 1.22. The molecule has 0 radical (unpaired) electrons. The van der Waals surface area contributed by atoms with Crippen molar-refractivity contribution in [3.05, 3.63) is 241 Å². The van der Waals surface area contributed by atoms with Crippen molar-refractivity contribution >= 4 is 34.1 Å². The van der Waals surface area contributed by atoms with E-state index in [1.807, 2.05) is 0 Å². The summed E-state index contributed by atoms with van der Waals surface area (Å²) in [5.74, 6) is 0. The Morgan fingerprint density at radius 2 is 0.490 bits per heavy atom. The fourth-order valence-electron chi connectivity index (χ4n) is 7.95. The number of para-hydroxylation sites is 4. The zero-order valence-electron chi connectivity index (χ0n) is 28.2. The largest absolute Gasteiger partial charge is 0.311 e. The van der Waals surface area contributed by atoms with Crippen LogP contribution in [-0.2, 0) is 5.41 Å². The van der Waals surface area contributed by atoms with Crippen molar-refractivity contribution in [2.24, 2.45) is 0 Å². The first kappa shape index (κ1) is 30.4. The lowest BCUT2D eigenvalue weighted by molar-refractivity contribution is 0.768. The van der Waals surface area contributed by atoms with Crippen LogP contribution in [0, 0.1) is 0 Å². The van der Waals surface area contributed by atoms with Gasteiger partial charge in [-0.3, -0.25) is 0 Å². The first-order valence-electron chi connectivity index (χ1n) is 17.5. The van der Waals surface area contributed by atoms with E-state index >= 15 is 0 Å². The van der Waals surface area contributed by atoms with E-state index in [1.165, 1.54) is 33.4 Å². The van der Waals surface area contributed by atoms with E-state index in [-0.39, 0.29) is 0 Å². The summed E-state index contributed by atoms with van der Waals surface area (Å²) in [6.45, 7) is 0. The highest BCUT2D eigenvalue weighted by molar-refractivity contribution is 5.87. The standard InChI is InChI=1S/C49H36N2/c1-5-17-39(18-6-1)50(40-19-7-2-8-20-40)43-33-29-37(30-34-43)49(47-27-15-13-25-45(47)46-26-14-16-28-48(46)49)38-31-35-44(36-32-38)51(41-21-9-3-10-22-41)42-23-11-4-12-24-42/h1-36H. The topological polar surface area (TPSA) is 6.48 Å². The van der Waals surface area contributed by atoms with E-state index in [1.54, 1.807) is 0 Å². The first-order valence-corrected chi connectivity index (χ1v) is 17.5. The van der Waals surface area contributed by atoms with Crippen molar-refractivity contribution in [1.29, 1.82) is 0 Å². The minimum atomic E-state index is -0.501. The zero-order valence-corrected chi connectivity index (χ0v) is 28.2. The minimum Gasteiger partial charge on any atom is -0.311 e. The number of hydrogen-bond donors (Lipinski definition) is 0. The van der Waals surface area contributed by atoms with Gasteiger partial charge in [-0.1, -0.05) is 146 Å². The lowest BCUT2D eigenvalue weighted by Crippen LogP contribution is -2.28. The van der Waals surface area contributed by atoms with E-state index in [9.17, 15) is 0 Å². The van der Waals surface area contributed by atoms with Crippen LogP contribution in [0.5, 0.6) is 0 Å². The van der Waals surface area contributed by atoms with Crippen LogP contribution in [0.1, 0.15) is 22.3 Å². The smallest absolute Gasteiger partial charge is 0.0713 e. The van der Waals surface area contributed by atoms with Crippen LogP contribution < -0.4 is 9.80 Å². The molecule has 8 aromatic carbocycles. The number of nitrogens with zero attached hydrogens (tertiary/aromatic N) is 2. The molecule has 0 amide bonds. The van der Waals surface area contributed by atoms with Gasteiger partial charge in [0.25, 0.3) is 0 Å². The zero-order chi connectivity index (χ0) is 34.0. The van der Waals surface area contributed by atoms with Crippen LogP contribution in [0.15, 0.2) is 218 Å². The summed E-state index contributed by atoms with van der Waals surface area (Å²) in [4.78, 5) is 4.65. The predicted octanol–water partition coefficient (Wildman–Crippen LogP) is 13.0. The molecule has 0 bridgehead atoms. The van der Waals surface area contributed by atoms with Gasteiger partial charge in [-0.05, 0) is 106 Å². The van der Waals surface area contributed by atoms with Gasteiger partial charge in [0.05, 0.1) is 5.41 Å². The average molecular weight is 653 g/mol. The van der Waals surface area contributed by atoms with E-state index in [0.29, 0.717) is 0 Å². The van der Waals surface area contributed by atoms with Crippen LogP contribution in [0.2, 0.25) is 0 Å². The molecule has 0 aromatic heterocycles. The lowest BCUT2D eigenvalue weighted by Gasteiger charge is -2.35. The molecule has 0 heterocycles. The van der Waals surface area contributed by atoms with Crippen molar-refractivity contribution in [3.63, 3.8) is 0 Å². The summed E-state index contributed by atoms with van der Waals surface area (Å²) in [5, 5.41) is 0. The van der Waals surface area contributed by atoms with Crippen molar-refractivity contribution in [3.8, 4) is 11.1 Å². The second-order valence-corrected chi connectivity index (χ2v) is 12.9.